The summed E-state index contributed by atoms with van der Waals surface area (Å²) < 4.78 is 0. The van der Waals surface area contributed by atoms with Crippen LogP contribution in [-0.2, 0) is 0 Å². The van der Waals surface area contributed by atoms with Gasteiger partial charge in [-0.25, -0.2) is 10.3 Å². The summed E-state index contributed by atoms with van der Waals surface area (Å²) in [6, 6.07) is 30.8. The Morgan fingerprint density at radius 2 is 1.46 bits per heavy atom. The van der Waals surface area contributed by atoms with E-state index in [2.05, 4.69) is 84.0 Å². The zero-order valence-corrected chi connectivity index (χ0v) is 16.9. The van der Waals surface area contributed by atoms with Crippen LogP contribution in [0.1, 0.15) is 11.1 Å². The second-order valence-electron chi connectivity index (χ2n) is 6.52. The maximum atomic E-state index is 6.04. The first-order chi connectivity index (χ1) is 13.2. The first-order valence-electron chi connectivity index (χ1n) is 8.90. The van der Waals surface area contributed by atoms with Crippen molar-refractivity contribution in [2.45, 2.75) is 6.92 Å². The van der Waals surface area contributed by atoms with Gasteiger partial charge < -0.3 is 12.4 Å². The van der Waals surface area contributed by atoms with Gasteiger partial charge in [-0.15, -0.1) is 0 Å². The molecule has 2 N–H and O–H groups in total. The van der Waals surface area contributed by atoms with Crippen LogP contribution in [-0.4, -0.2) is 5.84 Å². The lowest BCUT2D eigenvalue weighted by atomic mass is 10.0. The number of nitrogens with one attached hydrogen (secondary N) is 2. The van der Waals surface area contributed by atoms with Gasteiger partial charge in [-0.2, -0.15) is 0 Å². The van der Waals surface area contributed by atoms with Gasteiger partial charge in [-0.1, -0.05) is 65.7 Å². The molecule has 0 saturated heterocycles. The average Bonchev–Trinajstić information content (AvgIpc) is 2.70. The summed E-state index contributed by atoms with van der Waals surface area (Å²) in [6.45, 7) is 2.09. The van der Waals surface area contributed by atoms with E-state index in [4.69, 9.17) is 11.6 Å². The Morgan fingerprint density at radius 1 is 0.786 bits per heavy atom. The molecule has 0 heterocycles. The Labute approximate surface area is 176 Å². The Kier molecular flexibility index (Phi) is 6.35. The van der Waals surface area contributed by atoms with Crippen LogP contribution in [0.15, 0.2) is 91.0 Å². The van der Waals surface area contributed by atoms with E-state index in [9.17, 15) is 0 Å². The minimum absolute atomic E-state index is 0. The maximum absolute atomic E-state index is 6.04. The highest BCUT2D eigenvalue weighted by atomic mass is 35.5. The molecule has 0 aliphatic carbocycles. The largest absolute Gasteiger partial charge is 1.00 e. The number of rotatable bonds is 3. The van der Waals surface area contributed by atoms with Crippen molar-refractivity contribution in [2.24, 2.45) is 0 Å². The van der Waals surface area contributed by atoms with Crippen molar-refractivity contribution in [3.8, 4) is 0 Å². The highest BCUT2D eigenvalue weighted by molar-refractivity contribution is 6.30. The fraction of sp³-hybridized carbons (Fsp3) is 0.0417. The molecule has 0 aliphatic heterocycles. The fourth-order valence-electron chi connectivity index (χ4n) is 3.07. The normalized spacial score (nSPS) is 11.1. The number of hydrogen-bond donors (Lipinski definition) is 2. The number of amidine groups is 1. The monoisotopic (exact) mass is 406 g/mol. The van der Waals surface area contributed by atoms with Crippen molar-refractivity contribution in [1.29, 1.82) is 0 Å². The molecular formula is C24H20Cl2N2. The topological polar surface area (TPSA) is 26.0 Å². The van der Waals surface area contributed by atoms with E-state index in [1.165, 1.54) is 16.3 Å². The van der Waals surface area contributed by atoms with Crippen molar-refractivity contribution >= 4 is 39.6 Å². The highest BCUT2D eigenvalue weighted by Crippen LogP contribution is 2.20. The molecule has 0 amide bonds. The molecular weight excluding hydrogens is 387 g/mol. The lowest BCUT2D eigenvalue weighted by Gasteiger charge is -2.08. The van der Waals surface area contributed by atoms with Gasteiger partial charge in [0.15, 0.2) is 0 Å². The van der Waals surface area contributed by atoms with Crippen LogP contribution in [0.5, 0.6) is 0 Å². The molecule has 0 aromatic heterocycles. The first kappa shape index (κ1) is 19.9. The fourth-order valence-corrected chi connectivity index (χ4v) is 3.19. The Bertz CT molecular complexity index is 1100. The third-order valence-electron chi connectivity index (χ3n) is 4.49. The van der Waals surface area contributed by atoms with Crippen LogP contribution in [0.25, 0.3) is 10.8 Å². The minimum atomic E-state index is 0. The number of fused-ring (bicyclic) bond motifs is 1. The van der Waals surface area contributed by atoms with Crippen molar-refractivity contribution in [3.05, 3.63) is 107 Å². The lowest BCUT2D eigenvalue weighted by molar-refractivity contribution is -0.352. The smallest absolute Gasteiger partial charge is 0.285 e. The van der Waals surface area contributed by atoms with Gasteiger partial charge in [0.25, 0.3) is 5.84 Å². The third kappa shape index (κ3) is 4.53. The zero-order valence-electron chi connectivity index (χ0n) is 15.4. The zero-order chi connectivity index (χ0) is 18.6. The van der Waals surface area contributed by atoms with E-state index >= 15 is 0 Å². The van der Waals surface area contributed by atoms with Gasteiger partial charge in [0.1, 0.15) is 11.4 Å². The van der Waals surface area contributed by atoms with Gasteiger partial charge in [0.2, 0.25) is 0 Å². The van der Waals surface area contributed by atoms with Crippen molar-refractivity contribution in [1.82, 2.24) is 0 Å². The summed E-state index contributed by atoms with van der Waals surface area (Å²) in [5.74, 6) is 0.929. The summed E-state index contributed by atoms with van der Waals surface area (Å²) in [7, 11) is 0. The molecule has 0 bridgehead atoms. The molecule has 2 nitrogen and oxygen atoms in total. The predicted octanol–water partition coefficient (Wildman–Crippen LogP) is 2.08. The second-order valence-corrected chi connectivity index (χ2v) is 6.96. The Balaban J connectivity index is 0.00000225. The van der Waals surface area contributed by atoms with E-state index < -0.39 is 0 Å². The molecule has 28 heavy (non-hydrogen) atoms. The number of halogens is 2. The molecule has 0 saturated carbocycles. The quantitative estimate of drug-likeness (QED) is 0.395. The molecule has 4 heteroatoms. The molecule has 4 rings (SSSR count). The van der Waals surface area contributed by atoms with Gasteiger partial charge in [0, 0.05) is 5.02 Å². The molecule has 0 spiro atoms. The van der Waals surface area contributed by atoms with Crippen molar-refractivity contribution < 1.29 is 17.4 Å². The summed E-state index contributed by atoms with van der Waals surface area (Å²) >= 11 is 6.04. The van der Waals surface area contributed by atoms with E-state index in [1.807, 2.05) is 24.3 Å². The van der Waals surface area contributed by atoms with E-state index in [0.717, 1.165) is 27.8 Å². The van der Waals surface area contributed by atoms with E-state index in [0.29, 0.717) is 0 Å². The molecule has 4 aromatic rings. The van der Waals surface area contributed by atoms with Gasteiger partial charge in [0.05, 0.1) is 5.56 Å². The van der Waals surface area contributed by atoms with Crippen LogP contribution in [0.2, 0.25) is 5.02 Å². The van der Waals surface area contributed by atoms with Gasteiger partial charge >= 0.3 is 0 Å². The minimum Gasteiger partial charge on any atom is -1.00 e. The maximum Gasteiger partial charge on any atom is 0.285 e. The molecule has 0 atom stereocenters. The molecule has 0 aliphatic rings. The summed E-state index contributed by atoms with van der Waals surface area (Å²) in [6.07, 6.45) is 0. The molecule has 0 unspecified atom stereocenters. The van der Waals surface area contributed by atoms with Gasteiger partial charge in [-0.05, 0) is 60.2 Å². The van der Waals surface area contributed by atoms with Crippen LogP contribution in [0, 0.1) is 6.92 Å². The van der Waals surface area contributed by atoms with Crippen LogP contribution >= 0.6 is 11.6 Å². The van der Waals surface area contributed by atoms with Crippen LogP contribution in [0.4, 0.5) is 11.4 Å². The third-order valence-corrected chi connectivity index (χ3v) is 4.75. The molecule has 140 valence electrons. The number of hydrogen-bond acceptors (Lipinski definition) is 0. The predicted molar refractivity (Wildman–Crippen MR) is 115 cm³/mol. The second kappa shape index (κ2) is 8.92. The van der Waals surface area contributed by atoms with Crippen LogP contribution in [0.3, 0.4) is 0 Å². The van der Waals surface area contributed by atoms with Crippen LogP contribution < -0.4 is 22.7 Å². The number of anilines is 1. The average molecular weight is 407 g/mol. The van der Waals surface area contributed by atoms with Crippen molar-refractivity contribution in [3.63, 3.8) is 0 Å². The first-order valence-corrected chi connectivity index (χ1v) is 9.28. The number of benzene rings is 4. The Hall–Kier alpha value is -2.81. The molecule has 4 aromatic carbocycles. The summed E-state index contributed by atoms with van der Waals surface area (Å²) in [5, 5.41) is 6.64. The standard InChI is InChI=1S/C24H19ClN2.ClH/c1-17-9-13-20(14-10-17)26-24(27-21-15-11-19(25)12-16-21)23-8-4-6-18-5-2-3-7-22(18)23;/h2-16H,1H3,(H,26,27);1H. The Morgan fingerprint density at radius 3 is 2.21 bits per heavy atom. The van der Waals surface area contributed by atoms with Crippen molar-refractivity contribution in [2.75, 3.05) is 5.32 Å². The SMILES string of the molecule is Cc1ccc([NH+]=C(Nc2ccc(Cl)cc2)c2cccc3ccccc23)cc1.[Cl-]. The van der Waals surface area contributed by atoms with Gasteiger partial charge in [-0.3, -0.25) is 0 Å². The molecule has 0 radical (unpaired) electrons. The summed E-state index contributed by atoms with van der Waals surface area (Å²) in [5.41, 5.74) is 4.36. The van der Waals surface area contributed by atoms with E-state index in [1.54, 1.807) is 0 Å². The lowest BCUT2D eigenvalue weighted by Crippen LogP contribution is -3.00. The number of aryl methyl sites for hydroxylation is 1. The molecule has 0 fully saturated rings. The van der Waals surface area contributed by atoms with E-state index in [-0.39, 0.29) is 12.4 Å². The highest BCUT2D eigenvalue weighted by Gasteiger charge is 2.15. The summed E-state index contributed by atoms with van der Waals surface area (Å²) in [4.78, 5) is 3.55.